The predicted molar refractivity (Wildman–Crippen MR) is 55.7 cm³/mol. The summed E-state index contributed by atoms with van der Waals surface area (Å²) in [5, 5.41) is 0. The van der Waals surface area contributed by atoms with Crippen LogP contribution in [0.25, 0.3) is 0 Å². The summed E-state index contributed by atoms with van der Waals surface area (Å²) in [6.45, 7) is 5.80. The smallest absolute Gasteiger partial charge is 0.0931 e. The van der Waals surface area contributed by atoms with Crippen molar-refractivity contribution in [2.24, 2.45) is 5.73 Å². The first-order valence-electron chi connectivity index (χ1n) is 3.75. The van der Waals surface area contributed by atoms with Gasteiger partial charge in [0.1, 0.15) is 0 Å². The minimum Gasteiger partial charge on any atom is -0.323 e. The maximum Gasteiger partial charge on any atom is 0.0931 e. The maximum atomic E-state index is 5.90. The second kappa shape index (κ2) is 4.08. The summed E-state index contributed by atoms with van der Waals surface area (Å²) in [7, 11) is 0. The van der Waals surface area contributed by atoms with Crippen LogP contribution in [-0.2, 0) is 0 Å². The van der Waals surface area contributed by atoms with E-state index in [0.29, 0.717) is 0 Å². The van der Waals surface area contributed by atoms with Gasteiger partial charge < -0.3 is 5.73 Å². The molecule has 0 fully saturated rings. The van der Waals surface area contributed by atoms with Crippen LogP contribution in [0, 0.1) is 0 Å². The van der Waals surface area contributed by atoms with E-state index in [1.165, 1.54) is 11.3 Å². The average Bonchev–Trinajstić information content (AvgIpc) is 2.34. The Labute approximate surface area is 81.9 Å². The Hall–Kier alpha value is -0.310. The molecule has 0 spiro atoms. The van der Waals surface area contributed by atoms with Crippen LogP contribution < -0.4 is 5.73 Å². The largest absolute Gasteiger partial charge is 0.323 e. The molecule has 1 aromatic heterocycles. The third-order valence-electron chi connectivity index (χ3n) is 1.53. The van der Waals surface area contributed by atoms with Crippen LogP contribution in [0.15, 0.2) is 24.3 Å². The molecule has 0 aromatic carbocycles. The van der Waals surface area contributed by atoms with Gasteiger partial charge in [0.05, 0.1) is 4.34 Å². The molecular weight excluding hydrogens is 190 g/mol. The third kappa shape index (κ3) is 2.63. The molecule has 0 unspecified atom stereocenters. The van der Waals surface area contributed by atoms with Gasteiger partial charge in [0.25, 0.3) is 0 Å². The van der Waals surface area contributed by atoms with Crippen molar-refractivity contribution in [3.8, 4) is 0 Å². The fourth-order valence-electron chi connectivity index (χ4n) is 1.00. The van der Waals surface area contributed by atoms with Crippen molar-refractivity contribution < 1.29 is 0 Å². The Kier molecular flexibility index (Phi) is 3.32. The van der Waals surface area contributed by atoms with E-state index in [1.807, 2.05) is 19.1 Å². The highest BCUT2D eigenvalue weighted by molar-refractivity contribution is 7.16. The molecule has 0 saturated carbocycles. The van der Waals surface area contributed by atoms with Gasteiger partial charge in [-0.2, -0.15) is 0 Å². The van der Waals surface area contributed by atoms with Gasteiger partial charge in [0, 0.05) is 10.9 Å². The Morgan fingerprint density at radius 1 is 1.75 bits per heavy atom. The van der Waals surface area contributed by atoms with Crippen LogP contribution in [0.5, 0.6) is 0 Å². The second-order valence-electron chi connectivity index (χ2n) is 2.91. The molecule has 0 bridgehead atoms. The minimum atomic E-state index is 0.0556. The number of thiophene rings is 1. The van der Waals surface area contributed by atoms with Crippen LogP contribution in [0.1, 0.15) is 24.3 Å². The lowest BCUT2D eigenvalue weighted by molar-refractivity contribution is 0.731. The molecule has 0 aliphatic carbocycles. The van der Waals surface area contributed by atoms with E-state index in [9.17, 15) is 0 Å². The Bertz CT molecular complexity index is 280. The molecule has 3 heteroatoms. The van der Waals surface area contributed by atoms with Crippen LogP contribution in [0.2, 0.25) is 4.34 Å². The van der Waals surface area contributed by atoms with Gasteiger partial charge in [-0.1, -0.05) is 17.2 Å². The summed E-state index contributed by atoms with van der Waals surface area (Å²) in [5.74, 6) is 0. The number of hydrogen-bond donors (Lipinski definition) is 1. The highest BCUT2D eigenvalue weighted by atomic mass is 35.5. The van der Waals surface area contributed by atoms with Crippen molar-refractivity contribution >= 4 is 22.9 Å². The first-order chi connectivity index (χ1) is 5.59. The maximum absolute atomic E-state index is 5.90. The standard InChI is InChI=1S/C9H12ClNS/c1-6(2)5-7(11)8-3-4-9(10)12-8/h3-4,7H,1,5,11H2,2H3/t7-/m1/s1. The minimum absolute atomic E-state index is 0.0556. The van der Waals surface area contributed by atoms with Gasteiger partial charge >= 0.3 is 0 Å². The molecule has 1 heterocycles. The summed E-state index contributed by atoms with van der Waals surface area (Å²) >= 11 is 7.32. The Morgan fingerprint density at radius 2 is 2.42 bits per heavy atom. The molecular formula is C9H12ClNS. The molecule has 1 nitrogen and oxygen atoms in total. The molecule has 2 N–H and O–H groups in total. The lowest BCUT2D eigenvalue weighted by atomic mass is 10.1. The van der Waals surface area contributed by atoms with Crippen molar-refractivity contribution in [3.05, 3.63) is 33.5 Å². The molecule has 0 aliphatic heterocycles. The highest BCUT2D eigenvalue weighted by Crippen LogP contribution is 2.28. The molecule has 12 heavy (non-hydrogen) atoms. The zero-order valence-corrected chi connectivity index (χ0v) is 8.58. The third-order valence-corrected chi connectivity index (χ3v) is 2.89. The van der Waals surface area contributed by atoms with Gasteiger partial charge in [-0.05, 0) is 25.5 Å². The molecule has 1 aromatic rings. The highest BCUT2D eigenvalue weighted by Gasteiger charge is 2.07. The van der Waals surface area contributed by atoms with Gasteiger partial charge in [0.15, 0.2) is 0 Å². The molecule has 1 rings (SSSR count). The van der Waals surface area contributed by atoms with E-state index in [1.54, 1.807) is 0 Å². The summed E-state index contributed by atoms with van der Waals surface area (Å²) in [4.78, 5) is 1.13. The first kappa shape index (κ1) is 9.78. The summed E-state index contributed by atoms with van der Waals surface area (Å²) in [5.41, 5.74) is 7.00. The quantitative estimate of drug-likeness (QED) is 0.746. The second-order valence-corrected chi connectivity index (χ2v) is 4.66. The summed E-state index contributed by atoms with van der Waals surface area (Å²) in [6, 6.07) is 3.90. The average molecular weight is 202 g/mol. The topological polar surface area (TPSA) is 26.0 Å². The predicted octanol–water partition coefficient (Wildman–Crippen LogP) is 3.37. The van der Waals surface area contributed by atoms with Gasteiger partial charge in [-0.25, -0.2) is 0 Å². The van der Waals surface area contributed by atoms with Crippen LogP contribution in [0.4, 0.5) is 0 Å². The molecule has 0 radical (unpaired) electrons. The normalized spacial score (nSPS) is 12.9. The van der Waals surface area contributed by atoms with Crippen LogP contribution >= 0.6 is 22.9 Å². The summed E-state index contributed by atoms with van der Waals surface area (Å²) < 4.78 is 0.794. The number of nitrogens with two attached hydrogens (primary N) is 1. The first-order valence-corrected chi connectivity index (χ1v) is 4.94. The molecule has 0 saturated heterocycles. The lowest BCUT2D eigenvalue weighted by Crippen LogP contribution is -2.08. The van der Waals surface area contributed by atoms with Crippen molar-refractivity contribution in [2.75, 3.05) is 0 Å². The van der Waals surface area contributed by atoms with E-state index in [0.717, 1.165) is 21.2 Å². The monoisotopic (exact) mass is 201 g/mol. The SMILES string of the molecule is C=C(C)C[C@@H](N)c1ccc(Cl)s1. The molecule has 1 atom stereocenters. The van der Waals surface area contributed by atoms with E-state index in [2.05, 4.69) is 6.58 Å². The zero-order valence-electron chi connectivity index (χ0n) is 7.01. The molecule has 66 valence electrons. The van der Waals surface area contributed by atoms with Crippen molar-refractivity contribution in [2.45, 2.75) is 19.4 Å². The molecule has 0 aliphatic rings. The lowest BCUT2D eigenvalue weighted by Gasteiger charge is -2.07. The van der Waals surface area contributed by atoms with Gasteiger partial charge in [-0.15, -0.1) is 17.9 Å². The van der Waals surface area contributed by atoms with Gasteiger partial charge in [-0.3, -0.25) is 0 Å². The van der Waals surface area contributed by atoms with Crippen molar-refractivity contribution in [1.82, 2.24) is 0 Å². The number of hydrogen-bond acceptors (Lipinski definition) is 2. The fourth-order valence-corrected chi connectivity index (χ4v) is 2.07. The fraction of sp³-hybridized carbons (Fsp3) is 0.333. The van der Waals surface area contributed by atoms with Crippen LogP contribution in [-0.4, -0.2) is 0 Å². The van der Waals surface area contributed by atoms with E-state index < -0.39 is 0 Å². The Balaban J connectivity index is 2.64. The van der Waals surface area contributed by atoms with Gasteiger partial charge in [0.2, 0.25) is 0 Å². The number of halogens is 1. The van der Waals surface area contributed by atoms with Crippen molar-refractivity contribution in [1.29, 1.82) is 0 Å². The summed E-state index contributed by atoms with van der Waals surface area (Å²) in [6.07, 6.45) is 0.830. The Morgan fingerprint density at radius 3 is 2.83 bits per heavy atom. The van der Waals surface area contributed by atoms with E-state index in [4.69, 9.17) is 17.3 Å². The van der Waals surface area contributed by atoms with Crippen molar-refractivity contribution in [3.63, 3.8) is 0 Å². The van der Waals surface area contributed by atoms with Crippen LogP contribution in [0.3, 0.4) is 0 Å². The number of rotatable bonds is 3. The van der Waals surface area contributed by atoms with E-state index >= 15 is 0 Å². The zero-order chi connectivity index (χ0) is 9.14. The van der Waals surface area contributed by atoms with E-state index in [-0.39, 0.29) is 6.04 Å². The molecule has 0 amide bonds.